The van der Waals surface area contributed by atoms with Crippen LogP contribution in [0, 0.1) is 10.4 Å². The summed E-state index contributed by atoms with van der Waals surface area (Å²) in [6.45, 7) is 2.95. The van der Waals surface area contributed by atoms with Crippen LogP contribution in [0.3, 0.4) is 0 Å². The first-order chi connectivity index (χ1) is 4.09. The van der Waals surface area contributed by atoms with E-state index < -0.39 is 0 Å². The maximum atomic E-state index is 10.2. The minimum absolute atomic E-state index is 0.202. The summed E-state index contributed by atoms with van der Waals surface area (Å²) in [5.41, 5.74) is 2.02. The molecule has 0 aliphatic rings. The van der Waals surface area contributed by atoms with E-state index in [1.807, 2.05) is 0 Å². The Morgan fingerprint density at radius 2 is 2.00 bits per heavy atom. The second-order valence-corrected chi connectivity index (χ2v) is 1.91. The molecule has 9 heavy (non-hydrogen) atoms. The van der Waals surface area contributed by atoms with E-state index in [9.17, 15) is 10.4 Å². The molecule has 0 amide bonds. The summed E-state index contributed by atoms with van der Waals surface area (Å²) in [6, 6.07) is 0. The molecule has 0 bridgehead atoms. The summed E-state index contributed by atoms with van der Waals surface area (Å²) in [6.07, 6.45) is 0. The van der Waals surface area contributed by atoms with Crippen LogP contribution in [0.4, 0.5) is 0 Å². The zero-order valence-electron chi connectivity index (χ0n) is 5.07. The Bertz CT molecular complexity index is 155. The Hall–Kier alpha value is -0.221. The van der Waals surface area contributed by atoms with Crippen molar-refractivity contribution in [3.05, 3.63) is 21.8 Å². The van der Waals surface area contributed by atoms with Gasteiger partial charge in [-0.25, -0.2) is 0 Å². The van der Waals surface area contributed by atoms with Crippen LogP contribution >= 0.6 is 0 Å². The van der Waals surface area contributed by atoms with Crippen LogP contribution in [0.25, 0.3) is 0 Å². The third kappa shape index (κ3) is 2.72. The van der Waals surface area contributed by atoms with Crippen molar-refractivity contribution in [2.75, 3.05) is 0 Å². The third-order valence-electron chi connectivity index (χ3n) is 0.934. The van der Waals surface area contributed by atoms with Gasteiger partial charge in [0.15, 0.2) is 0 Å². The summed E-state index contributed by atoms with van der Waals surface area (Å²) < 4.78 is 0.202. The van der Waals surface area contributed by atoms with Crippen molar-refractivity contribution in [2.45, 2.75) is 13.8 Å². The van der Waals surface area contributed by atoms with Gasteiger partial charge in [-0.3, -0.25) is 0 Å². The van der Waals surface area contributed by atoms with Crippen molar-refractivity contribution in [3.8, 4) is 0 Å². The fourth-order valence-electron chi connectivity index (χ4n) is 0.193. The van der Waals surface area contributed by atoms with Crippen LogP contribution < -0.4 is 5.48 Å². The number of hydrogen-bond acceptors (Lipinski definition) is 3. The van der Waals surface area contributed by atoms with Crippen molar-refractivity contribution in [1.29, 1.82) is 0 Å². The van der Waals surface area contributed by atoms with Gasteiger partial charge in [0.1, 0.15) is 0 Å². The Morgan fingerprint density at radius 1 is 1.56 bits per heavy atom. The molecule has 0 fully saturated rings. The number of nitrogens with one attached hydrogen (secondary N) is 1. The van der Waals surface area contributed by atoms with Crippen LogP contribution in [-0.4, -0.2) is 3.71 Å². The first-order valence-electron chi connectivity index (χ1n) is 2.25. The molecule has 0 heterocycles. The molecule has 0 radical (unpaired) electrons. The van der Waals surface area contributed by atoms with Gasteiger partial charge in [-0.15, -0.1) is 0 Å². The molecule has 57 valence electrons. The quantitative estimate of drug-likeness (QED) is 0.497. The molecule has 0 aliphatic carbocycles. The molecule has 0 aromatic heterocycles. The van der Waals surface area contributed by atoms with E-state index in [-0.39, 0.29) is 15.1 Å². The fourth-order valence-corrected chi connectivity index (χ4v) is 0.351. The molecule has 0 saturated heterocycles. The van der Waals surface area contributed by atoms with E-state index in [4.69, 9.17) is 0 Å². The number of hydrogen-bond donors (Lipinski definition) is 1. The van der Waals surface area contributed by atoms with Crippen LogP contribution in [0.2, 0.25) is 0 Å². The van der Waals surface area contributed by atoms with Gasteiger partial charge >= 0.3 is 60.7 Å². The van der Waals surface area contributed by atoms with Crippen LogP contribution in [0.1, 0.15) is 13.8 Å². The summed E-state index contributed by atoms with van der Waals surface area (Å²) in [7, 11) is 0. The van der Waals surface area contributed by atoms with E-state index in [0.717, 1.165) is 0 Å². The zero-order valence-corrected chi connectivity index (χ0v) is 6.01. The predicted octanol–water partition coefficient (Wildman–Crippen LogP) is 0.566. The summed E-state index contributed by atoms with van der Waals surface area (Å²) in [5.74, 6) is 0. The number of rotatable bonds is 2. The molecule has 4 nitrogen and oxygen atoms in total. The van der Waals surface area contributed by atoms with Crippen molar-refractivity contribution in [2.24, 2.45) is 0 Å². The zero-order chi connectivity index (χ0) is 7.44. The summed E-state index contributed by atoms with van der Waals surface area (Å²) in [4.78, 5) is 0. The Kier molecular flexibility index (Phi) is 3.65. The first kappa shape index (κ1) is 8.78. The van der Waals surface area contributed by atoms with Gasteiger partial charge in [0.2, 0.25) is 0 Å². The van der Waals surface area contributed by atoms with Gasteiger partial charge in [-0.1, -0.05) is 0 Å². The molecule has 5 heteroatoms. The average Bonchev–Trinajstić information content (AvgIpc) is 1.84. The predicted molar refractivity (Wildman–Crippen MR) is 28.5 cm³/mol. The molecule has 0 aromatic rings. The molecule has 0 unspecified atom stereocenters. The number of hydroxylamine groups is 2. The van der Waals surface area contributed by atoms with E-state index in [2.05, 4.69) is 15.8 Å². The van der Waals surface area contributed by atoms with Gasteiger partial charge in [0, 0.05) is 0 Å². The molecule has 0 aromatic carbocycles. The molecule has 0 saturated carbocycles. The number of nitrogens with zero attached hydrogens (tertiary/aromatic N) is 1. The van der Waals surface area contributed by atoms with E-state index in [0.29, 0.717) is 0 Å². The van der Waals surface area contributed by atoms with E-state index in [1.165, 1.54) is 13.8 Å². The van der Waals surface area contributed by atoms with Gasteiger partial charge in [0.25, 0.3) is 0 Å². The second kappa shape index (κ2) is 3.74. The van der Waals surface area contributed by atoms with Crippen molar-refractivity contribution >= 4 is 0 Å². The van der Waals surface area contributed by atoms with Crippen LogP contribution in [0.15, 0.2) is 11.4 Å². The Balaban J connectivity index is 4.28. The van der Waals surface area contributed by atoms with Gasteiger partial charge in [-0.2, -0.15) is 0 Å². The standard InChI is InChI=1S/C4H7N2O2.Cu/c1-3(5-7)4(2)6-8;/h5H,1-2H3;/q-1;/b4-3-;. The van der Waals surface area contributed by atoms with Crippen LogP contribution in [-0.2, 0) is 15.8 Å². The van der Waals surface area contributed by atoms with E-state index >= 15 is 0 Å². The molecular weight excluding hydrogens is 172 g/mol. The third-order valence-corrected chi connectivity index (χ3v) is 1.25. The van der Waals surface area contributed by atoms with Crippen molar-refractivity contribution < 1.29 is 19.5 Å². The summed E-state index contributed by atoms with van der Waals surface area (Å²) in [5, 5.41) is 20.1. The molecular formula is C4H7CuN2O2-. The van der Waals surface area contributed by atoms with Gasteiger partial charge < -0.3 is 0 Å². The van der Waals surface area contributed by atoms with Crippen molar-refractivity contribution in [1.82, 2.24) is 5.48 Å². The average molecular weight is 179 g/mol. The minimum atomic E-state index is 0.202. The fraction of sp³-hybridized carbons (Fsp3) is 0.500. The molecule has 0 rings (SSSR count). The van der Waals surface area contributed by atoms with E-state index in [1.54, 1.807) is 5.48 Å². The van der Waals surface area contributed by atoms with Crippen LogP contribution in [0.5, 0.6) is 0 Å². The summed E-state index contributed by atoms with van der Waals surface area (Å²) >= 11 is 4.33. The second-order valence-electron chi connectivity index (χ2n) is 1.53. The molecule has 0 spiro atoms. The molecule has 0 aliphatic heterocycles. The van der Waals surface area contributed by atoms with Crippen molar-refractivity contribution in [3.63, 3.8) is 0 Å². The number of allylic oxidation sites excluding steroid dienone is 2. The molecule has 1 N–H and O–H groups in total. The Morgan fingerprint density at radius 3 is 2.11 bits per heavy atom. The molecule has 0 atom stereocenters. The Labute approximate surface area is 61.3 Å². The SMILES string of the molecule is C/C(N[O-])=C(\C)[N+]([O-])=[Cu]. The maximum absolute atomic E-state index is 10.2. The normalized spacial score (nSPS) is 12.7. The first-order valence-corrected chi connectivity index (χ1v) is 2.67. The topological polar surface area (TPSA) is 61.2 Å². The van der Waals surface area contributed by atoms with Gasteiger partial charge in [0.05, 0.1) is 0 Å². The monoisotopic (exact) mass is 178 g/mol. The van der Waals surface area contributed by atoms with Gasteiger partial charge in [-0.05, 0) is 0 Å².